The summed E-state index contributed by atoms with van der Waals surface area (Å²) in [6, 6.07) is 0.509. The molecule has 6 heteroatoms. The third-order valence-corrected chi connectivity index (χ3v) is 4.86. The van der Waals surface area contributed by atoms with E-state index in [1.165, 1.54) is 6.92 Å². The summed E-state index contributed by atoms with van der Waals surface area (Å²) in [6.45, 7) is 11.9. The summed E-state index contributed by atoms with van der Waals surface area (Å²) < 4.78 is 10.3. The number of nitrogens with one attached hydrogen (secondary N) is 1. The molecule has 0 radical (unpaired) electrons. The molecule has 0 bridgehead atoms. The molecule has 0 fully saturated rings. The van der Waals surface area contributed by atoms with Gasteiger partial charge in [0, 0.05) is 24.3 Å². The number of carbonyl (C=O) groups excluding carboxylic acids is 1. The summed E-state index contributed by atoms with van der Waals surface area (Å²) in [4.78, 5) is 10.5. The number of hydrogen-bond acceptors (Lipinski definition) is 6. The third-order valence-electron chi connectivity index (χ3n) is 1.88. The molecule has 0 spiro atoms. The maximum atomic E-state index is 10.5. The monoisotopic (exact) mass is 295 g/mol. The van der Waals surface area contributed by atoms with E-state index < -0.39 is 0 Å². The van der Waals surface area contributed by atoms with Crippen LogP contribution < -0.4 is 5.32 Å². The Bertz CT molecular complexity index is 235. The van der Waals surface area contributed by atoms with Gasteiger partial charge in [0.25, 0.3) is 0 Å². The maximum absolute atomic E-state index is 10.5. The van der Waals surface area contributed by atoms with Crippen LogP contribution in [0.3, 0.4) is 0 Å². The first-order valence-corrected chi connectivity index (χ1v) is 8.40. The highest BCUT2D eigenvalue weighted by Crippen LogP contribution is 2.35. The molecule has 1 N–H and O–H groups in total. The van der Waals surface area contributed by atoms with Crippen LogP contribution in [0.4, 0.5) is 0 Å². The van der Waals surface area contributed by atoms with E-state index in [2.05, 4.69) is 33.0 Å². The normalized spacial score (nSPS) is 11.9. The van der Waals surface area contributed by atoms with Gasteiger partial charge in [-0.3, -0.25) is 4.79 Å². The van der Waals surface area contributed by atoms with E-state index in [1.54, 1.807) is 21.6 Å². The first kappa shape index (κ1) is 18.1. The van der Waals surface area contributed by atoms with Crippen molar-refractivity contribution in [2.45, 2.75) is 45.4 Å². The van der Waals surface area contributed by atoms with Crippen LogP contribution in [0, 0.1) is 0 Å². The fourth-order valence-corrected chi connectivity index (χ4v) is 3.18. The molecule has 0 aromatic heterocycles. The van der Waals surface area contributed by atoms with Gasteiger partial charge in [-0.05, 0) is 13.8 Å². The Morgan fingerprint density at radius 1 is 1.33 bits per heavy atom. The number of esters is 1. The van der Waals surface area contributed by atoms with E-state index in [-0.39, 0.29) is 10.7 Å². The second kappa shape index (κ2) is 9.95. The molecule has 0 saturated heterocycles. The number of rotatable bonds is 10. The summed E-state index contributed by atoms with van der Waals surface area (Å²) in [7, 11) is 3.49. The molecule has 4 nitrogen and oxygen atoms in total. The Morgan fingerprint density at radius 2 is 2.00 bits per heavy atom. The summed E-state index contributed by atoms with van der Waals surface area (Å²) in [5.74, 6) is 0.346. The molecule has 0 aliphatic rings. The van der Waals surface area contributed by atoms with Gasteiger partial charge in [0.05, 0.1) is 6.61 Å². The molecular weight excluding hydrogens is 270 g/mol. The van der Waals surface area contributed by atoms with Gasteiger partial charge in [-0.15, -0.1) is 0 Å². The molecule has 18 heavy (non-hydrogen) atoms. The predicted octanol–water partition coefficient (Wildman–Crippen LogP) is 2.68. The van der Waals surface area contributed by atoms with Crippen molar-refractivity contribution in [1.82, 2.24) is 5.32 Å². The van der Waals surface area contributed by atoms with E-state index in [0.717, 1.165) is 6.54 Å². The first-order chi connectivity index (χ1) is 8.33. The zero-order valence-electron chi connectivity index (χ0n) is 11.9. The molecule has 0 aliphatic carbocycles. The highest BCUT2D eigenvalue weighted by molar-refractivity contribution is 8.77. The van der Waals surface area contributed by atoms with Crippen LogP contribution in [0.2, 0.25) is 0 Å². The molecular formula is C12H25NO3S2. The lowest BCUT2D eigenvalue weighted by atomic mass is 10.2. The van der Waals surface area contributed by atoms with Crippen LogP contribution in [0.1, 0.15) is 34.6 Å². The second-order valence-corrected chi connectivity index (χ2v) is 7.81. The van der Waals surface area contributed by atoms with Gasteiger partial charge in [-0.25, -0.2) is 0 Å². The summed E-state index contributed by atoms with van der Waals surface area (Å²) in [5.41, 5.74) is 0. The van der Waals surface area contributed by atoms with Crippen LogP contribution in [-0.4, -0.2) is 42.5 Å². The van der Waals surface area contributed by atoms with Crippen molar-refractivity contribution >= 4 is 27.6 Å². The Hall–Kier alpha value is 0.0900. The SMILES string of the molecule is CC(=O)OCCOCSSC(C)(C)CNC(C)C. The molecule has 0 aliphatic heterocycles. The minimum absolute atomic E-state index is 0.175. The van der Waals surface area contributed by atoms with Crippen LogP contribution in [0.25, 0.3) is 0 Å². The number of hydrogen-bond donors (Lipinski definition) is 1. The minimum Gasteiger partial charge on any atom is -0.463 e. The molecule has 0 rings (SSSR count). The van der Waals surface area contributed by atoms with Crippen LogP contribution >= 0.6 is 21.6 Å². The van der Waals surface area contributed by atoms with Crippen molar-refractivity contribution in [3.05, 3.63) is 0 Å². The lowest BCUT2D eigenvalue weighted by Gasteiger charge is -2.24. The van der Waals surface area contributed by atoms with E-state index in [4.69, 9.17) is 9.47 Å². The fraction of sp³-hybridized carbons (Fsp3) is 0.917. The summed E-state index contributed by atoms with van der Waals surface area (Å²) in [5, 5.41) is 3.43. The fourth-order valence-electron chi connectivity index (χ4n) is 1.00. The Balaban J connectivity index is 3.43. The highest BCUT2D eigenvalue weighted by atomic mass is 33.1. The maximum Gasteiger partial charge on any atom is 0.302 e. The van der Waals surface area contributed by atoms with E-state index in [1.807, 2.05) is 0 Å². The third kappa shape index (κ3) is 12.5. The van der Waals surface area contributed by atoms with Gasteiger partial charge in [0.2, 0.25) is 0 Å². The number of ether oxygens (including phenoxy) is 2. The largest absolute Gasteiger partial charge is 0.463 e. The second-order valence-electron chi connectivity index (χ2n) is 4.86. The topological polar surface area (TPSA) is 47.6 Å². The Kier molecular flexibility index (Phi) is 10.00. The Morgan fingerprint density at radius 3 is 2.56 bits per heavy atom. The van der Waals surface area contributed by atoms with Crippen LogP contribution in [-0.2, 0) is 14.3 Å². The van der Waals surface area contributed by atoms with Crippen molar-refractivity contribution in [1.29, 1.82) is 0 Å². The predicted molar refractivity (Wildman–Crippen MR) is 79.9 cm³/mol. The van der Waals surface area contributed by atoms with Crippen molar-refractivity contribution in [2.24, 2.45) is 0 Å². The molecule has 108 valence electrons. The highest BCUT2D eigenvalue weighted by Gasteiger charge is 2.18. The van der Waals surface area contributed by atoms with Crippen molar-refractivity contribution in [2.75, 3.05) is 25.7 Å². The van der Waals surface area contributed by atoms with Gasteiger partial charge < -0.3 is 14.8 Å². The Labute approximate surface area is 118 Å². The van der Waals surface area contributed by atoms with Crippen molar-refractivity contribution < 1.29 is 14.3 Å². The molecule has 0 amide bonds. The van der Waals surface area contributed by atoms with Crippen LogP contribution in [0.15, 0.2) is 0 Å². The lowest BCUT2D eigenvalue weighted by Crippen LogP contribution is -2.35. The molecule has 0 aromatic carbocycles. The smallest absolute Gasteiger partial charge is 0.302 e. The number of carbonyl (C=O) groups is 1. The van der Waals surface area contributed by atoms with E-state index >= 15 is 0 Å². The van der Waals surface area contributed by atoms with E-state index in [9.17, 15) is 4.79 Å². The zero-order valence-corrected chi connectivity index (χ0v) is 13.6. The van der Waals surface area contributed by atoms with E-state index in [0.29, 0.717) is 25.2 Å². The van der Waals surface area contributed by atoms with Gasteiger partial charge >= 0.3 is 5.97 Å². The summed E-state index contributed by atoms with van der Waals surface area (Å²) >= 11 is 0. The minimum atomic E-state index is -0.262. The van der Waals surface area contributed by atoms with Gasteiger partial charge in [0.15, 0.2) is 0 Å². The average molecular weight is 295 g/mol. The molecule has 0 heterocycles. The zero-order chi connectivity index (χ0) is 14.0. The quantitative estimate of drug-likeness (QED) is 0.289. The molecule has 0 unspecified atom stereocenters. The molecule has 0 saturated carbocycles. The lowest BCUT2D eigenvalue weighted by molar-refractivity contribution is -0.142. The molecule has 0 atom stereocenters. The van der Waals surface area contributed by atoms with Gasteiger partial charge in [0.1, 0.15) is 12.5 Å². The molecule has 0 aromatic rings. The van der Waals surface area contributed by atoms with Crippen molar-refractivity contribution in [3.8, 4) is 0 Å². The van der Waals surface area contributed by atoms with Gasteiger partial charge in [-0.1, -0.05) is 35.4 Å². The summed E-state index contributed by atoms with van der Waals surface area (Å²) in [6.07, 6.45) is 0. The standard InChI is InChI=1S/C12H25NO3S2/c1-10(2)13-8-12(4,5)18-17-9-15-6-7-16-11(3)14/h10,13H,6-9H2,1-5H3. The van der Waals surface area contributed by atoms with Crippen LogP contribution in [0.5, 0.6) is 0 Å². The first-order valence-electron chi connectivity index (χ1n) is 6.08. The van der Waals surface area contributed by atoms with Gasteiger partial charge in [-0.2, -0.15) is 0 Å². The van der Waals surface area contributed by atoms with Crippen molar-refractivity contribution in [3.63, 3.8) is 0 Å². The average Bonchev–Trinajstić information content (AvgIpc) is 2.25.